The Hall–Kier alpha value is -3.47. The summed E-state index contributed by atoms with van der Waals surface area (Å²) in [6, 6.07) is 16.2. The van der Waals surface area contributed by atoms with E-state index < -0.39 is 11.8 Å². The Bertz CT molecular complexity index is 1030. The average Bonchev–Trinajstić information content (AvgIpc) is 3.44. The molecule has 4 rings (SSSR count). The Morgan fingerprint density at radius 2 is 1.59 bits per heavy atom. The molecule has 1 fully saturated rings. The van der Waals surface area contributed by atoms with E-state index in [1.807, 2.05) is 42.2 Å². The maximum Gasteiger partial charge on any atom is 0.271 e. The van der Waals surface area contributed by atoms with E-state index in [9.17, 15) is 14.4 Å². The van der Waals surface area contributed by atoms with Gasteiger partial charge in [-0.15, -0.1) is 6.58 Å². The van der Waals surface area contributed by atoms with E-state index in [0.717, 1.165) is 36.1 Å². The first kappa shape index (κ1) is 21.8. The molecule has 2 aromatic rings. The fourth-order valence-electron chi connectivity index (χ4n) is 4.77. The summed E-state index contributed by atoms with van der Waals surface area (Å²) < 4.78 is 0. The minimum atomic E-state index is -0.445. The number of hydrogen-bond donors (Lipinski definition) is 0. The third kappa shape index (κ3) is 3.79. The molecular formula is C27H28N2O3. The molecule has 0 radical (unpaired) electrons. The molecule has 5 nitrogen and oxygen atoms in total. The number of hydrogen-bond acceptors (Lipinski definition) is 3. The van der Waals surface area contributed by atoms with Crippen molar-refractivity contribution in [2.24, 2.45) is 0 Å². The molecule has 0 spiro atoms. The zero-order valence-corrected chi connectivity index (χ0v) is 18.4. The predicted octanol–water partition coefficient (Wildman–Crippen LogP) is 5.28. The largest absolute Gasteiger partial charge is 0.324 e. The minimum Gasteiger partial charge on any atom is -0.324 e. The molecule has 164 valence electrons. The van der Waals surface area contributed by atoms with Crippen molar-refractivity contribution in [3.63, 3.8) is 0 Å². The Morgan fingerprint density at radius 3 is 2.12 bits per heavy atom. The highest BCUT2D eigenvalue weighted by atomic mass is 16.2. The molecule has 1 atom stereocenters. The van der Waals surface area contributed by atoms with Crippen LogP contribution in [0, 0.1) is 0 Å². The highest BCUT2D eigenvalue weighted by Gasteiger charge is 2.43. The van der Waals surface area contributed by atoms with Crippen molar-refractivity contribution in [3.8, 4) is 0 Å². The smallest absolute Gasteiger partial charge is 0.271 e. The van der Waals surface area contributed by atoms with E-state index in [4.69, 9.17) is 0 Å². The maximum absolute atomic E-state index is 14.1. The normalized spacial score (nSPS) is 17.4. The number of nitrogens with zero attached hydrogens (tertiary/aromatic N) is 2. The second-order valence-corrected chi connectivity index (χ2v) is 8.23. The Labute approximate surface area is 189 Å². The van der Waals surface area contributed by atoms with Gasteiger partial charge in [-0.1, -0.05) is 74.4 Å². The van der Waals surface area contributed by atoms with Gasteiger partial charge in [-0.05, 0) is 37.0 Å². The summed E-state index contributed by atoms with van der Waals surface area (Å²) >= 11 is 0. The minimum absolute atomic E-state index is 0.0288. The van der Waals surface area contributed by atoms with Crippen LogP contribution in [0.15, 0.2) is 79.0 Å². The van der Waals surface area contributed by atoms with Gasteiger partial charge in [-0.3, -0.25) is 14.4 Å². The molecule has 2 aromatic carbocycles. The fourth-order valence-corrected chi connectivity index (χ4v) is 4.77. The van der Waals surface area contributed by atoms with Crippen LogP contribution >= 0.6 is 0 Å². The molecule has 0 N–H and O–H groups in total. The van der Waals surface area contributed by atoms with E-state index in [2.05, 4.69) is 6.58 Å². The molecule has 3 amide bonds. The topological polar surface area (TPSA) is 57.7 Å². The maximum atomic E-state index is 14.1. The molecule has 1 aliphatic heterocycles. The first-order valence-corrected chi connectivity index (χ1v) is 11.3. The number of rotatable bonds is 7. The summed E-state index contributed by atoms with van der Waals surface area (Å²) in [5.74, 6) is -1.19. The Morgan fingerprint density at radius 1 is 1.03 bits per heavy atom. The second kappa shape index (κ2) is 9.35. The van der Waals surface area contributed by atoms with Crippen molar-refractivity contribution >= 4 is 17.7 Å². The van der Waals surface area contributed by atoms with Crippen LogP contribution in [0.2, 0.25) is 0 Å². The van der Waals surface area contributed by atoms with E-state index in [1.54, 1.807) is 36.4 Å². The van der Waals surface area contributed by atoms with Crippen molar-refractivity contribution in [1.29, 1.82) is 0 Å². The van der Waals surface area contributed by atoms with Crippen LogP contribution in [0.25, 0.3) is 0 Å². The van der Waals surface area contributed by atoms with Crippen molar-refractivity contribution < 1.29 is 14.4 Å². The highest BCUT2D eigenvalue weighted by molar-refractivity contribution is 6.25. The van der Waals surface area contributed by atoms with Crippen LogP contribution in [0.5, 0.6) is 0 Å². The van der Waals surface area contributed by atoms with Gasteiger partial charge in [-0.2, -0.15) is 0 Å². The molecule has 0 saturated heterocycles. The number of amides is 3. The number of carbonyl (C=O) groups is 3. The van der Waals surface area contributed by atoms with E-state index >= 15 is 0 Å². The first-order valence-electron chi connectivity index (χ1n) is 11.3. The molecule has 2 aliphatic rings. The van der Waals surface area contributed by atoms with Crippen molar-refractivity contribution in [2.75, 3.05) is 0 Å². The van der Waals surface area contributed by atoms with Gasteiger partial charge in [0.2, 0.25) is 0 Å². The van der Waals surface area contributed by atoms with Crippen molar-refractivity contribution in [3.05, 3.63) is 95.7 Å². The van der Waals surface area contributed by atoms with Crippen LogP contribution in [0.4, 0.5) is 0 Å². The molecule has 0 aromatic heterocycles. The lowest BCUT2D eigenvalue weighted by Gasteiger charge is -2.37. The molecule has 32 heavy (non-hydrogen) atoms. The summed E-state index contributed by atoms with van der Waals surface area (Å²) in [4.78, 5) is 43.3. The Kier molecular flexibility index (Phi) is 6.35. The lowest BCUT2D eigenvalue weighted by molar-refractivity contribution is -0.132. The quantitative estimate of drug-likeness (QED) is 0.343. The number of fused-ring (bicyclic) bond motifs is 1. The van der Waals surface area contributed by atoms with Crippen LogP contribution in [0.1, 0.15) is 71.3 Å². The molecule has 1 saturated carbocycles. The molecule has 0 bridgehead atoms. The number of allylic oxidation sites excluding steroid dienone is 1. The molecule has 0 unspecified atom stereocenters. The fraction of sp³-hybridized carbons (Fsp3) is 0.296. The molecule has 5 heteroatoms. The Balaban J connectivity index is 1.76. The third-order valence-electron chi connectivity index (χ3n) is 6.27. The number of imide groups is 1. The zero-order valence-electron chi connectivity index (χ0n) is 18.4. The second-order valence-electron chi connectivity index (χ2n) is 8.23. The van der Waals surface area contributed by atoms with E-state index in [0.29, 0.717) is 17.5 Å². The molecule has 1 heterocycles. The first-order chi connectivity index (χ1) is 15.6. The lowest BCUT2D eigenvalue weighted by Crippen LogP contribution is -2.46. The summed E-state index contributed by atoms with van der Waals surface area (Å²) in [7, 11) is 0. The van der Waals surface area contributed by atoms with Gasteiger partial charge in [0.1, 0.15) is 5.70 Å². The van der Waals surface area contributed by atoms with Crippen LogP contribution in [-0.2, 0) is 4.79 Å². The SMILES string of the molecule is C=C[C@@H](c1ccccc1)N(C(=O)/C(=C/CC)N1C(=O)c2ccccc2C1=O)C1CCCC1. The summed E-state index contributed by atoms with van der Waals surface area (Å²) in [5.41, 5.74) is 1.76. The lowest BCUT2D eigenvalue weighted by atomic mass is 10.0. The summed E-state index contributed by atoms with van der Waals surface area (Å²) in [6.45, 7) is 5.91. The summed E-state index contributed by atoms with van der Waals surface area (Å²) in [6.07, 6.45) is 7.88. The highest BCUT2D eigenvalue weighted by Crippen LogP contribution is 2.35. The standard InChI is InChI=1S/C27H28N2O3/c1-3-12-24(29-25(30)21-17-10-11-18-22(21)26(29)31)27(32)28(20-15-8-9-16-20)23(4-2)19-13-6-5-7-14-19/h4-7,10-14,17-18,20,23H,2-3,8-9,15-16H2,1H3/b24-12-/t23-/m0/s1. The van der Waals surface area contributed by atoms with E-state index in [1.165, 1.54) is 0 Å². The zero-order chi connectivity index (χ0) is 22.7. The van der Waals surface area contributed by atoms with Crippen LogP contribution in [-0.4, -0.2) is 33.6 Å². The van der Waals surface area contributed by atoms with Crippen molar-refractivity contribution in [1.82, 2.24) is 9.80 Å². The van der Waals surface area contributed by atoms with E-state index in [-0.39, 0.29) is 23.7 Å². The van der Waals surface area contributed by atoms with Gasteiger partial charge >= 0.3 is 0 Å². The van der Waals surface area contributed by atoms with Gasteiger partial charge in [0, 0.05) is 6.04 Å². The van der Waals surface area contributed by atoms with Gasteiger partial charge in [0.05, 0.1) is 17.2 Å². The van der Waals surface area contributed by atoms with Crippen molar-refractivity contribution in [2.45, 2.75) is 51.1 Å². The van der Waals surface area contributed by atoms with Gasteiger partial charge in [0.25, 0.3) is 17.7 Å². The molecular weight excluding hydrogens is 400 g/mol. The average molecular weight is 429 g/mol. The number of benzene rings is 2. The van der Waals surface area contributed by atoms with Gasteiger partial charge in [-0.25, -0.2) is 4.90 Å². The predicted molar refractivity (Wildman–Crippen MR) is 124 cm³/mol. The van der Waals surface area contributed by atoms with Gasteiger partial charge in [0.15, 0.2) is 0 Å². The molecule has 1 aliphatic carbocycles. The van der Waals surface area contributed by atoms with Crippen LogP contribution in [0.3, 0.4) is 0 Å². The van der Waals surface area contributed by atoms with Crippen LogP contribution < -0.4 is 0 Å². The summed E-state index contributed by atoms with van der Waals surface area (Å²) in [5, 5.41) is 0. The third-order valence-corrected chi connectivity index (χ3v) is 6.27. The monoisotopic (exact) mass is 428 g/mol. The number of carbonyl (C=O) groups excluding carboxylic acids is 3. The van der Waals surface area contributed by atoms with Gasteiger partial charge < -0.3 is 4.90 Å².